The average Bonchev–Trinajstić information content (AvgIpc) is 2.39. The van der Waals surface area contributed by atoms with E-state index in [1.807, 2.05) is 11.3 Å². The molecular formula is C9H12BrNS. The summed E-state index contributed by atoms with van der Waals surface area (Å²) in [5.74, 6) is 0. The molecule has 66 valence electrons. The second kappa shape index (κ2) is 3.13. The summed E-state index contributed by atoms with van der Waals surface area (Å²) in [6.07, 6.45) is 1.21. The molecule has 1 aromatic rings. The van der Waals surface area contributed by atoms with Gasteiger partial charge in [0.05, 0.1) is 3.79 Å². The molecule has 0 aromatic carbocycles. The molecule has 0 amide bonds. The van der Waals surface area contributed by atoms with Gasteiger partial charge in [0.15, 0.2) is 0 Å². The Labute approximate surface area is 85.5 Å². The van der Waals surface area contributed by atoms with Crippen molar-refractivity contribution >= 4 is 27.3 Å². The van der Waals surface area contributed by atoms with Crippen molar-refractivity contribution in [1.29, 1.82) is 0 Å². The van der Waals surface area contributed by atoms with Crippen molar-refractivity contribution in [1.82, 2.24) is 4.90 Å². The lowest BCUT2D eigenvalue weighted by atomic mass is 10.0. The minimum atomic E-state index is 0.602. The number of thiophene rings is 1. The highest BCUT2D eigenvalue weighted by molar-refractivity contribution is 9.11. The molecule has 1 aromatic heterocycles. The van der Waals surface area contributed by atoms with Crippen molar-refractivity contribution < 1.29 is 0 Å². The third kappa shape index (κ3) is 1.34. The van der Waals surface area contributed by atoms with E-state index in [0.717, 1.165) is 0 Å². The number of halogens is 1. The monoisotopic (exact) mass is 245 g/mol. The van der Waals surface area contributed by atoms with E-state index in [1.54, 1.807) is 0 Å². The Bertz CT molecular complexity index is 295. The largest absolute Gasteiger partial charge is 0.298 e. The summed E-state index contributed by atoms with van der Waals surface area (Å²) in [7, 11) is 2.20. The van der Waals surface area contributed by atoms with Crippen LogP contribution in [0.5, 0.6) is 0 Å². The van der Waals surface area contributed by atoms with Crippen molar-refractivity contribution in [2.24, 2.45) is 0 Å². The summed E-state index contributed by atoms with van der Waals surface area (Å²) in [5, 5.41) is 0. The Kier molecular flexibility index (Phi) is 2.27. The summed E-state index contributed by atoms with van der Waals surface area (Å²) in [4.78, 5) is 3.95. The lowest BCUT2D eigenvalue weighted by Gasteiger charge is -2.29. The van der Waals surface area contributed by atoms with Crippen molar-refractivity contribution in [3.8, 4) is 0 Å². The Balaban J connectivity index is 2.41. The van der Waals surface area contributed by atoms with Crippen LogP contribution in [0, 0.1) is 0 Å². The second-order valence-electron chi connectivity index (χ2n) is 3.35. The maximum absolute atomic E-state index is 3.54. The zero-order chi connectivity index (χ0) is 8.72. The molecule has 1 atom stereocenters. The van der Waals surface area contributed by atoms with Gasteiger partial charge in [-0.15, -0.1) is 11.3 Å². The molecule has 0 saturated carbocycles. The highest BCUT2D eigenvalue weighted by Crippen LogP contribution is 2.37. The van der Waals surface area contributed by atoms with Gasteiger partial charge in [-0.05, 0) is 48.0 Å². The minimum absolute atomic E-state index is 0.602. The molecule has 3 heteroatoms. The fourth-order valence-corrected chi connectivity index (χ4v) is 3.50. The third-order valence-corrected chi connectivity index (χ3v) is 4.44. The standard InChI is InChI=1S/C9H12BrNS/c1-6-9-7(3-4-11(6)2)5-8(10)12-9/h5-6H,3-4H2,1-2H3/t6-/m0/s1. The SMILES string of the molecule is C[C@H]1c2sc(Br)cc2CCN1C. The fraction of sp³-hybridized carbons (Fsp3) is 0.556. The van der Waals surface area contributed by atoms with Crippen molar-refractivity contribution in [2.75, 3.05) is 13.6 Å². The maximum Gasteiger partial charge on any atom is 0.0704 e. The van der Waals surface area contributed by atoms with Gasteiger partial charge in [0.1, 0.15) is 0 Å². The Morgan fingerprint density at radius 3 is 3.17 bits per heavy atom. The first-order chi connectivity index (χ1) is 5.68. The zero-order valence-corrected chi connectivity index (χ0v) is 9.70. The van der Waals surface area contributed by atoms with Gasteiger partial charge in [-0.3, -0.25) is 4.90 Å². The molecule has 1 aliphatic heterocycles. The normalized spacial score (nSPS) is 24.1. The van der Waals surface area contributed by atoms with Crippen molar-refractivity contribution in [2.45, 2.75) is 19.4 Å². The quantitative estimate of drug-likeness (QED) is 0.680. The molecule has 1 aliphatic rings. The highest BCUT2D eigenvalue weighted by Gasteiger charge is 2.22. The van der Waals surface area contributed by atoms with Gasteiger partial charge < -0.3 is 0 Å². The predicted octanol–water partition coefficient (Wildman–Crippen LogP) is 3.06. The van der Waals surface area contributed by atoms with Crippen LogP contribution in [0.1, 0.15) is 23.4 Å². The predicted molar refractivity (Wildman–Crippen MR) is 56.8 cm³/mol. The summed E-state index contributed by atoms with van der Waals surface area (Å²) >= 11 is 5.42. The van der Waals surface area contributed by atoms with Crippen LogP contribution in [0.15, 0.2) is 9.85 Å². The topological polar surface area (TPSA) is 3.24 Å². The van der Waals surface area contributed by atoms with E-state index in [1.165, 1.54) is 27.2 Å². The number of nitrogens with zero attached hydrogens (tertiary/aromatic N) is 1. The smallest absolute Gasteiger partial charge is 0.0704 e. The molecule has 0 unspecified atom stereocenters. The van der Waals surface area contributed by atoms with Crippen LogP contribution in [0.4, 0.5) is 0 Å². The van der Waals surface area contributed by atoms with Crippen LogP contribution >= 0.6 is 27.3 Å². The molecule has 0 spiro atoms. The van der Waals surface area contributed by atoms with Crippen LogP contribution in [0.2, 0.25) is 0 Å². The second-order valence-corrected chi connectivity index (χ2v) is 5.81. The summed E-state index contributed by atoms with van der Waals surface area (Å²) in [5.41, 5.74) is 1.54. The van der Waals surface area contributed by atoms with Crippen LogP contribution in [-0.4, -0.2) is 18.5 Å². The molecule has 0 N–H and O–H groups in total. The first kappa shape index (κ1) is 8.73. The molecule has 12 heavy (non-hydrogen) atoms. The van der Waals surface area contributed by atoms with Gasteiger partial charge in [-0.2, -0.15) is 0 Å². The molecule has 0 aliphatic carbocycles. The van der Waals surface area contributed by atoms with Crippen molar-refractivity contribution in [3.63, 3.8) is 0 Å². The maximum atomic E-state index is 3.54. The fourth-order valence-electron chi connectivity index (χ4n) is 1.65. The molecule has 1 nitrogen and oxygen atoms in total. The van der Waals surface area contributed by atoms with Gasteiger partial charge in [-0.1, -0.05) is 0 Å². The van der Waals surface area contributed by atoms with Crippen LogP contribution in [0.3, 0.4) is 0 Å². The minimum Gasteiger partial charge on any atom is -0.298 e. The molecule has 2 heterocycles. The van der Waals surface area contributed by atoms with E-state index >= 15 is 0 Å². The summed E-state index contributed by atoms with van der Waals surface area (Å²) < 4.78 is 1.27. The highest BCUT2D eigenvalue weighted by atomic mass is 79.9. The number of hydrogen-bond donors (Lipinski definition) is 0. The van der Waals surface area contributed by atoms with E-state index in [9.17, 15) is 0 Å². The lowest BCUT2D eigenvalue weighted by molar-refractivity contribution is 0.252. The molecule has 2 rings (SSSR count). The number of hydrogen-bond acceptors (Lipinski definition) is 2. The Hall–Kier alpha value is 0.140. The molecular weight excluding hydrogens is 234 g/mol. The van der Waals surface area contributed by atoms with E-state index in [0.29, 0.717) is 6.04 Å². The van der Waals surface area contributed by atoms with Crippen molar-refractivity contribution in [3.05, 3.63) is 20.3 Å². The Morgan fingerprint density at radius 2 is 2.42 bits per heavy atom. The summed E-state index contributed by atoms with van der Waals surface area (Å²) in [6, 6.07) is 2.87. The first-order valence-electron chi connectivity index (χ1n) is 4.17. The van der Waals surface area contributed by atoms with E-state index < -0.39 is 0 Å². The van der Waals surface area contributed by atoms with Gasteiger partial charge >= 0.3 is 0 Å². The molecule has 0 fully saturated rings. The number of rotatable bonds is 0. The van der Waals surface area contributed by atoms with E-state index in [2.05, 4.69) is 40.9 Å². The average molecular weight is 246 g/mol. The summed E-state index contributed by atoms with van der Waals surface area (Å²) in [6.45, 7) is 3.47. The van der Waals surface area contributed by atoms with Crippen LogP contribution in [-0.2, 0) is 6.42 Å². The van der Waals surface area contributed by atoms with Gasteiger partial charge in [0.2, 0.25) is 0 Å². The van der Waals surface area contributed by atoms with Gasteiger partial charge in [0.25, 0.3) is 0 Å². The third-order valence-electron chi connectivity index (χ3n) is 2.59. The number of likely N-dealkylation sites (N-methyl/N-ethyl adjacent to an activating group) is 1. The van der Waals surface area contributed by atoms with Crippen LogP contribution < -0.4 is 0 Å². The lowest BCUT2D eigenvalue weighted by Crippen LogP contribution is -2.28. The van der Waals surface area contributed by atoms with Gasteiger partial charge in [-0.25, -0.2) is 0 Å². The molecule has 0 bridgehead atoms. The van der Waals surface area contributed by atoms with E-state index in [4.69, 9.17) is 0 Å². The van der Waals surface area contributed by atoms with Gasteiger partial charge in [0, 0.05) is 17.5 Å². The van der Waals surface area contributed by atoms with Crippen LogP contribution in [0.25, 0.3) is 0 Å². The van der Waals surface area contributed by atoms with E-state index in [-0.39, 0.29) is 0 Å². The first-order valence-corrected chi connectivity index (χ1v) is 5.78. The number of fused-ring (bicyclic) bond motifs is 1. The molecule has 0 saturated heterocycles. The molecule has 0 radical (unpaired) electrons. The zero-order valence-electron chi connectivity index (χ0n) is 7.30. The Morgan fingerprint density at radius 1 is 1.67 bits per heavy atom.